The van der Waals surface area contributed by atoms with Gasteiger partial charge in [-0.15, -0.1) is 0 Å². The third-order valence-corrected chi connectivity index (χ3v) is 4.46. The maximum atomic E-state index is 12.8. The molecule has 1 aliphatic heterocycles. The van der Waals surface area contributed by atoms with Crippen LogP contribution >= 0.6 is 0 Å². The maximum Gasteiger partial charge on any atom is 0.253 e. The van der Waals surface area contributed by atoms with Crippen LogP contribution in [0.3, 0.4) is 0 Å². The Morgan fingerprint density at radius 1 is 1.00 bits per heavy atom. The molecule has 0 aliphatic carbocycles. The first-order valence-electron chi connectivity index (χ1n) is 8.08. The van der Waals surface area contributed by atoms with Crippen LogP contribution in [0.4, 0.5) is 0 Å². The predicted octanol–water partition coefficient (Wildman–Crippen LogP) is 1.86. The summed E-state index contributed by atoms with van der Waals surface area (Å²) >= 11 is 0. The number of hydrogen-bond acceptors (Lipinski definition) is 3. The van der Waals surface area contributed by atoms with Crippen LogP contribution in [-0.4, -0.2) is 73.8 Å². The largest absolute Gasteiger partial charge is 0.345 e. The van der Waals surface area contributed by atoms with Gasteiger partial charge in [-0.05, 0) is 57.6 Å². The van der Waals surface area contributed by atoms with Gasteiger partial charge in [-0.3, -0.25) is 9.59 Å². The maximum absolute atomic E-state index is 12.8. The molecule has 2 amide bonds. The van der Waals surface area contributed by atoms with Gasteiger partial charge in [0.1, 0.15) is 0 Å². The Morgan fingerprint density at radius 3 is 2.09 bits per heavy atom. The number of aryl methyl sites for hydroxylation is 1. The third kappa shape index (κ3) is 4.10. The summed E-state index contributed by atoms with van der Waals surface area (Å²) in [5, 5.41) is 0. The van der Waals surface area contributed by atoms with E-state index in [4.69, 9.17) is 0 Å². The summed E-state index contributed by atoms with van der Waals surface area (Å²) in [4.78, 5) is 30.6. The lowest BCUT2D eigenvalue weighted by Crippen LogP contribution is -2.44. The molecule has 126 valence electrons. The zero-order chi connectivity index (χ0) is 17.1. The van der Waals surface area contributed by atoms with E-state index in [0.29, 0.717) is 17.2 Å². The summed E-state index contributed by atoms with van der Waals surface area (Å²) in [6, 6.07) is 5.96. The molecule has 0 saturated carbocycles. The minimum atomic E-state index is -0.0749. The second-order valence-corrected chi connectivity index (χ2v) is 6.77. The summed E-state index contributed by atoms with van der Waals surface area (Å²) in [7, 11) is 7.61. The van der Waals surface area contributed by atoms with Gasteiger partial charge in [0.2, 0.25) is 0 Å². The van der Waals surface area contributed by atoms with E-state index in [1.165, 1.54) is 4.90 Å². The molecule has 0 radical (unpaired) electrons. The number of carbonyl (C=O) groups excluding carboxylic acids is 2. The fraction of sp³-hybridized carbons (Fsp3) is 0.556. The van der Waals surface area contributed by atoms with Crippen LogP contribution in [0.2, 0.25) is 0 Å². The van der Waals surface area contributed by atoms with Gasteiger partial charge in [0.25, 0.3) is 11.8 Å². The van der Waals surface area contributed by atoms with E-state index in [2.05, 4.69) is 19.0 Å². The number of nitrogens with zero attached hydrogens (tertiary/aromatic N) is 3. The van der Waals surface area contributed by atoms with Gasteiger partial charge in [-0.2, -0.15) is 0 Å². The van der Waals surface area contributed by atoms with Crippen LogP contribution in [0.1, 0.15) is 39.1 Å². The lowest BCUT2D eigenvalue weighted by Gasteiger charge is -2.35. The Balaban J connectivity index is 2.15. The number of hydrogen-bond donors (Lipinski definition) is 0. The standard InChI is InChI=1S/C18H27N3O2/c1-13-10-14(17(22)20(4)5)12-15(11-13)18(23)21-8-6-16(7-9-21)19(2)3/h10-12,16H,6-9H2,1-5H3. The van der Waals surface area contributed by atoms with E-state index >= 15 is 0 Å². The second kappa shape index (κ2) is 7.13. The van der Waals surface area contributed by atoms with Gasteiger partial charge in [-0.25, -0.2) is 0 Å². The average molecular weight is 317 g/mol. The summed E-state index contributed by atoms with van der Waals surface area (Å²) < 4.78 is 0. The Bertz CT molecular complexity index is 588. The predicted molar refractivity (Wildman–Crippen MR) is 91.8 cm³/mol. The smallest absolute Gasteiger partial charge is 0.253 e. The molecular weight excluding hydrogens is 290 g/mol. The highest BCUT2D eigenvalue weighted by atomic mass is 16.2. The van der Waals surface area contributed by atoms with E-state index in [1.807, 2.05) is 24.0 Å². The molecule has 1 fully saturated rings. The first-order valence-corrected chi connectivity index (χ1v) is 8.08. The number of amides is 2. The Morgan fingerprint density at radius 2 is 1.57 bits per heavy atom. The molecule has 2 rings (SSSR count). The molecule has 0 bridgehead atoms. The number of rotatable bonds is 3. The SMILES string of the molecule is Cc1cc(C(=O)N(C)C)cc(C(=O)N2CCC(N(C)C)CC2)c1. The lowest BCUT2D eigenvalue weighted by molar-refractivity contribution is 0.0663. The summed E-state index contributed by atoms with van der Waals surface area (Å²) in [6.07, 6.45) is 1.99. The number of piperidine rings is 1. The van der Waals surface area contributed by atoms with E-state index in [0.717, 1.165) is 31.5 Å². The van der Waals surface area contributed by atoms with Crippen molar-refractivity contribution in [2.24, 2.45) is 0 Å². The van der Waals surface area contributed by atoms with Crippen LogP contribution in [0, 0.1) is 6.92 Å². The number of likely N-dealkylation sites (tertiary alicyclic amines) is 1. The van der Waals surface area contributed by atoms with Crippen LogP contribution < -0.4 is 0 Å². The molecule has 5 nitrogen and oxygen atoms in total. The van der Waals surface area contributed by atoms with Crippen molar-refractivity contribution in [3.8, 4) is 0 Å². The number of benzene rings is 1. The normalized spacial score (nSPS) is 15.8. The fourth-order valence-corrected chi connectivity index (χ4v) is 3.06. The highest BCUT2D eigenvalue weighted by Gasteiger charge is 2.25. The molecule has 0 spiro atoms. The van der Waals surface area contributed by atoms with Crippen molar-refractivity contribution < 1.29 is 9.59 Å². The van der Waals surface area contributed by atoms with Gasteiger partial charge in [0.15, 0.2) is 0 Å². The molecule has 1 saturated heterocycles. The van der Waals surface area contributed by atoms with Gasteiger partial charge in [0, 0.05) is 44.4 Å². The zero-order valence-corrected chi connectivity index (χ0v) is 14.8. The zero-order valence-electron chi connectivity index (χ0n) is 14.8. The average Bonchev–Trinajstić information content (AvgIpc) is 2.52. The van der Waals surface area contributed by atoms with Crippen molar-refractivity contribution in [3.63, 3.8) is 0 Å². The molecule has 0 atom stereocenters. The molecule has 0 N–H and O–H groups in total. The van der Waals surface area contributed by atoms with Gasteiger partial charge in [0.05, 0.1) is 0 Å². The Hall–Kier alpha value is -1.88. The molecule has 1 aromatic carbocycles. The van der Waals surface area contributed by atoms with Crippen LogP contribution in [0.25, 0.3) is 0 Å². The monoisotopic (exact) mass is 317 g/mol. The van der Waals surface area contributed by atoms with Crippen LogP contribution in [-0.2, 0) is 0 Å². The van der Waals surface area contributed by atoms with E-state index < -0.39 is 0 Å². The Labute approximate surface area is 138 Å². The van der Waals surface area contributed by atoms with Crippen molar-refractivity contribution in [1.29, 1.82) is 0 Å². The molecule has 0 unspecified atom stereocenters. The van der Waals surface area contributed by atoms with Crippen LogP contribution in [0.5, 0.6) is 0 Å². The Kier molecular flexibility index (Phi) is 5.42. The first-order chi connectivity index (χ1) is 10.8. The van der Waals surface area contributed by atoms with Gasteiger partial charge in [-0.1, -0.05) is 0 Å². The lowest BCUT2D eigenvalue weighted by atomic mass is 10.0. The van der Waals surface area contributed by atoms with Crippen molar-refractivity contribution in [3.05, 3.63) is 34.9 Å². The summed E-state index contributed by atoms with van der Waals surface area (Å²) in [6.45, 7) is 3.46. The summed E-state index contributed by atoms with van der Waals surface area (Å²) in [5.74, 6) is -0.0484. The fourth-order valence-electron chi connectivity index (χ4n) is 3.06. The van der Waals surface area contributed by atoms with Crippen molar-refractivity contribution in [2.75, 3.05) is 41.3 Å². The highest BCUT2D eigenvalue weighted by molar-refractivity contribution is 5.99. The molecule has 0 aromatic heterocycles. The topological polar surface area (TPSA) is 43.9 Å². The van der Waals surface area contributed by atoms with E-state index in [-0.39, 0.29) is 11.8 Å². The molecule has 1 aromatic rings. The molecule has 1 heterocycles. The van der Waals surface area contributed by atoms with E-state index in [9.17, 15) is 9.59 Å². The highest BCUT2D eigenvalue weighted by Crippen LogP contribution is 2.19. The van der Waals surface area contributed by atoms with Crippen LogP contribution in [0.15, 0.2) is 18.2 Å². The van der Waals surface area contributed by atoms with Crippen molar-refractivity contribution in [2.45, 2.75) is 25.8 Å². The second-order valence-electron chi connectivity index (χ2n) is 6.77. The van der Waals surface area contributed by atoms with Gasteiger partial charge >= 0.3 is 0 Å². The molecular formula is C18H27N3O2. The first kappa shape index (κ1) is 17.5. The minimum absolute atomic E-state index is 0.0266. The third-order valence-electron chi connectivity index (χ3n) is 4.46. The number of carbonyl (C=O) groups is 2. The van der Waals surface area contributed by atoms with E-state index in [1.54, 1.807) is 20.2 Å². The van der Waals surface area contributed by atoms with Crippen molar-refractivity contribution >= 4 is 11.8 Å². The molecule has 1 aliphatic rings. The summed E-state index contributed by atoms with van der Waals surface area (Å²) in [5.41, 5.74) is 2.12. The minimum Gasteiger partial charge on any atom is -0.345 e. The van der Waals surface area contributed by atoms with Crippen molar-refractivity contribution in [1.82, 2.24) is 14.7 Å². The molecule has 23 heavy (non-hydrogen) atoms. The quantitative estimate of drug-likeness (QED) is 0.855. The van der Waals surface area contributed by atoms with Gasteiger partial charge < -0.3 is 14.7 Å². The molecule has 5 heteroatoms.